The van der Waals surface area contributed by atoms with Crippen molar-refractivity contribution >= 4 is 23.3 Å². The highest BCUT2D eigenvalue weighted by molar-refractivity contribution is 7.09. The highest BCUT2D eigenvalue weighted by atomic mass is 32.1. The Morgan fingerprint density at radius 2 is 2.19 bits per heavy atom. The van der Waals surface area contributed by atoms with Crippen LogP contribution in [-0.4, -0.2) is 24.5 Å². The van der Waals surface area contributed by atoms with Crippen molar-refractivity contribution in [3.63, 3.8) is 0 Å². The first-order chi connectivity index (χ1) is 10.2. The average Bonchev–Trinajstić information content (AvgIpc) is 3.03. The Labute approximate surface area is 129 Å². The summed E-state index contributed by atoms with van der Waals surface area (Å²) in [6, 6.07) is 11.7. The second-order valence-corrected chi connectivity index (χ2v) is 5.57. The van der Waals surface area contributed by atoms with Gasteiger partial charge in [-0.3, -0.25) is 4.79 Å². The monoisotopic (exact) mass is 301 g/mol. The molecule has 0 spiro atoms. The van der Waals surface area contributed by atoms with E-state index in [1.165, 1.54) is 4.88 Å². The van der Waals surface area contributed by atoms with E-state index in [1.54, 1.807) is 24.5 Å². The van der Waals surface area contributed by atoms with Crippen molar-refractivity contribution in [2.75, 3.05) is 13.7 Å². The van der Waals surface area contributed by atoms with Gasteiger partial charge in [0.15, 0.2) is 0 Å². The zero-order valence-electron chi connectivity index (χ0n) is 12.3. The van der Waals surface area contributed by atoms with Crippen molar-refractivity contribution in [1.82, 2.24) is 4.90 Å². The second-order valence-electron chi connectivity index (χ2n) is 4.54. The van der Waals surface area contributed by atoms with Gasteiger partial charge in [-0.1, -0.05) is 18.2 Å². The van der Waals surface area contributed by atoms with Gasteiger partial charge in [-0.2, -0.15) is 0 Å². The number of hydrogen-bond acceptors (Lipinski definition) is 3. The molecule has 0 unspecified atom stereocenters. The fourth-order valence-corrected chi connectivity index (χ4v) is 2.67. The lowest BCUT2D eigenvalue weighted by Gasteiger charge is -2.18. The third-order valence-corrected chi connectivity index (χ3v) is 3.99. The lowest BCUT2D eigenvalue weighted by molar-refractivity contribution is -0.126. The van der Waals surface area contributed by atoms with E-state index in [2.05, 4.69) is 0 Å². The number of rotatable bonds is 6. The Kier molecular flexibility index (Phi) is 5.58. The fourth-order valence-electron chi connectivity index (χ4n) is 1.95. The summed E-state index contributed by atoms with van der Waals surface area (Å²) in [4.78, 5) is 15.3. The summed E-state index contributed by atoms with van der Waals surface area (Å²) < 4.78 is 5.17. The molecule has 1 aromatic heterocycles. The Morgan fingerprint density at radius 1 is 1.33 bits per heavy atom. The van der Waals surface area contributed by atoms with Gasteiger partial charge in [0.25, 0.3) is 0 Å². The van der Waals surface area contributed by atoms with Gasteiger partial charge in [-0.15, -0.1) is 11.3 Å². The molecule has 3 nitrogen and oxygen atoms in total. The Morgan fingerprint density at radius 3 is 2.86 bits per heavy atom. The topological polar surface area (TPSA) is 29.5 Å². The maximum Gasteiger partial charge on any atom is 0.246 e. The summed E-state index contributed by atoms with van der Waals surface area (Å²) in [5, 5.41) is 2.03. The molecular formula is C17H19NO2S. The van der Waals surface area contributed by atoms with Gasteiger partial charge in [-0.25, -0.2) is 0 Å². The van der Waals surface area contributed by atoms with Crippen LogP contribution >= 0.6 is 11.3 Å². The summed E-state index contributed by atoms with van der Waals surface area (Å²) in [6.07, 6.45) is 3.44. The SMILES string of the molecule is CCN(Cc1cccs1)C(=O)C=Cc1cccc(OC)c1. The van der Waals surface area contributed by atoms with E-state index >= 15 is 0 Å². The number of carbonyl (C=O) groups excluding carboxylic acids is 1. The van der Waals surface area contributed by atoms with Crippen LogP contribution in [0.5, 0.6) is 5.75 Å². The molecule has 0 bridgehead atoms. The average molecular weight is 301 g/mol. The minimum Gasteiger partial charge on any atom is -0.497 e. The van der Waals surface area contributed by atoms with Crippen LogP contribution in [0.15, 0.2) is 47.9 Å². The molecule has 2 aromatic rings. The quantitative estimate of drug-likeness (QED) is 0.759. The van der Waals surface area contributed by atoms with E-state index < -0.39 is 0 Å². The van der Waals surface area contributed by atoms with Gasteiger partial charge in [-0.05, 0) is 42.1 Å². The lowest BCUT2D eigenvalue weighted by atomic mass is 10.2. The molecule has 21 heavy (non-hydrogen) atoms. The Hall–Kier alpha value is -2.07. The molecular weight excluding hydrogens is 282 g/mol. The van der Waals surface area contributed by atoms with E-state index in [-0.39, 0.29) is 5.91 Å². The number of hydrogen-bond donors (Lipinski definition) is 0. The fraction of sp³-hybridized carbons (Fsp3) is 0.235. The molecule has 110 valence electrons. The Bertz CT molecular complexity index is 605. The summed E-state index contributed by atoms with van der Waals surface area (Å²) in [5.74, 6) is 0.809. The van der Waals surface area contributed by atoms with Crippen molar-refractivity contribution < 1.29 is 9.53 Å². The number of benzene rings is 1. The number of thiophene rings is 1. The van der Waals surface area contributed by atoms with Gasteiger partial charge in [0.2, 0.25) is 5.91 Å². The van der Waals surface area contributed by atoms with Crippen LogP contribution < -0.4 is 4.74 Å². The number of carbonyl (C=O) groups is 1. The lowest BCUT2D eigenvalue weighted by Crippen LogP contribution is -2.28. The van der Waals surface area contributed by atoms with Crippen LogP contribution in [-0.2, 0) is 11.3 Å². The molecule has 2 rings (SSSR count). The number of likely N-dealkylation sites (N-methyl/N-ethyl adjacent to an activating group) is 1. The second kappa shape index (κ2) is 7.64. The Balaban J connectivity index is 2.02. The molecule has 0 N–H and O–H groups in total. The summed E-state index contributed by atoms with van der Waals surface area (Å²) in [7, 11) is 1.63. The van der Waals surface area contributed by atoms with Gasteiger partial charge < -0.3 is 9.64 Å². The highest BCUT2D eigenvalue weighted by Gasteiger charge is 2.09. The molecule has 0 aliphatic carbocycles. The molecule has 1 heterocycles. The third-order valence-electron chi connectivity index (χ3n) is 3.13. The molecule has 1 amide bonds. The maximum atomic E-state index is 12.2. The van der Waals surface area contributed by atoms with Crippen molar-refractivity contribution in [3.05, 3.63) is 58.3 Å². The van der Waals surface area contributed by atoms with E-state index in [0.717, 1.165) is 11.3 Å². The largest absolute Gasteiger partial charge is 0.497 e. The molecule has 0 saturated heterocycles. The van der Waals surface area contributed by atoms with E-state index in [4.69, 9.17) is 4.74 Å². The van der Waals surface area contributed by atoms with Crippen molar-refractivity contribution in [2.45, 2.75) is 13.5 Å². The predicted molar refractivity (Wildman–Crippen MR) is 87.4 cm³/mol. The van der Waals surface area contributed by atoms with E-state index in [1.807, 2.05) is 59.7 Å². The zero-order valence-corrected chi connectivity index (χ0v) is 13.1. The standard InChI is InChI=1S/C17H19NO2S/c1-3-18(13-16-8-5-11-21-16)17(19)10-9-14-6-4-7-15(12-14)20-2/h4-12H,3,13H2,1-2H3. The smallest absolute Gasteiger partial charge is 0.246 e. The van der Waals surface area contributed by atoms with Crippen LogP contribution in [0.4, 0.5) is 0 Å². The predicted octanol–water partition coefficient (Wildman–Crippen LogP) is 3.82. The number of amides is 1. The normalized spacial score (nSPS) is 10.8. The van der Waals surface area contributed by atoms with Crippen LogP contribution in [0, 0.1) is 0 Å². The van der Waals surface area contributed by atoms with Crippen LogP contribution in [0.25, 0.3) is 6.08 Å². The summed E-state index contributed by atoms with van der Waals surface area (Å²) >= 11 is 1.67. The number of ether oxygens (including phenoxy) is 1. The van der Waals surface area contributed by atoms with Crippen LogP contribution in [0.2, 0.25) is 0 Å². The van der Waals surface area contributed by atoms with Gasteiger partial charge >= 0.3 is 0 Å². The first-order valence-electron chi connectivity index (χ1n) is 6.86. The summed E-state index contributed by atoms with van der Waals surface area (Å²) in [6.45, 7) is 3.35. The van der Waals surface area contributed by atoms with Gasteiger partial charge in [0, 0.05) is 17.5 Å². The molecule has 4 heteroatoms. The van der Waals surface area contributed by atoms with E-state index in [9.17, 15) is 4.79 Å². The number of methoxy groups -OCH3 is 1. The molecule has 0 saturated carbocycles. The van der Waals surface area contributed by atoms with Crippen molar-refractivity contribution in [2.24, 2.45) is 0 Å². The minimum absolute atomic E-state index is 0.0220. The van der Waals surface area contributed by atoms with Crippen LogP contribution in [0.1, 0.15) is 17.4 Å². The van der Waals surface area contributed by atoms with Crippen molar-refractivity contribution in [1.29, 1.82) is 0 Å². The maximum absolute atomic E-state index is 12.2. The minimum atomic E-state index is 0.0220. The number of nitrogens with zero attached hydrogens (tertiary/aromatic N) is 1. The molecule has 0 radical (unpaired) electrons. The molecule has 0 atom stereocenters. The first kappa shape index (κ1) is 15.3. The highest BCUT2D eigenvalue weighted by Crippen LogP contribution is 2.15. The first-order valence-corrected chi connectivity index (χ1v) is 7.74. The van der Waals surface area contributed by atoms with Crippen LogP contribution in [0.3, 0.4) is 0 Å². The summed E-state index contributed by atoms with van der Waals surface area (Å²) in [5.41, 5.74) is 0.954. The molecule has 0 aliphatic rings. The van der Waals surface area contributed by atoms with E-state index in [0.29, 0.717) is 13.1 Å². The molecule has 1 aromatic carbocycles. The zero-order chi connectivity index (χ0) is 15.1. The molecule has 0 aliphatic heterocycles. The van der Waals surface area contributed by atoms with Crippen molar-refractivity contribution in [3.8, 4) is 5.75 Å². The third kappa shape index (κ3) is 4.46. The van der Waals surface area contributed by atoms with Gasteiger partial charge in [0.05, 0.1) is 13.7 Å². The molecule has 0 fully saturated rings. The van der Waals surface area contributed by atoms with Gasteiger partial charge in [0.1, 0.15) is 5.75 Å².